The number of hydrogen-bond donors (Lipinski definition) is 6. The number of fused-ring (bicyclic) bond motifs is 2. The van der Waals surface area contributed by atoms with E-state index in [9.17, 15) is 44.1 Å². The maximum Gasteiger partial charge on any atom is 0.325 e. The number of Topliss-reactive ketones (excluding diaryl/α,β-unsaturated/α-hetero) is 1. The summed E-state index contributed by atoms with van der Waals surface area (Å²) < 4.78 is 11.4. The van der Waals surface area contributed by atoms with Gasteiger partial charge in [-0.3, -0.25) is 29.0 Å². The number of ether oxygens (including phenoxy) is 2. The number of aromatic hydroxyl groups is 1. The van der Waals surface area contributed by atoms with Gasteiger partial charge in [0.15, 0.2) is 0 Å². The maximum absolute atomic E-state index is 14.7. The van der Waals surface area contributed by atoms with Crippen molar-refractivity contribution in [2.75, 3.05) is 32.8 Å². The van der Waals surface area contributed by atoms with Gasteiger partial charge in [0.05, 0.1) is 31.3 Å². The Balaban J connectivity index is 1.49. The number of phenols is 1. The molecular weight excluding hydrogens is 799 g/mol. The number of aliphatic hydroxyl groups is 2. The van der Waals surface area contributed by atoms with Crippen LogP contribution in [0.15, 0.2) is 72.4 Å². The third-order valence-electron chi connectivity index (χ3n) is 12.2. The third kappa shape index (κ3) is 12.3. The lowest BCUT2D eigenvalue weighted by Gasteiger charge is -2.37. The predicted octanol–water partition coefficient (Wildman–Crippen LogP) is 2.50. The first-order valence-corrected chi connectivity index (χ1v) is 21.6. The Kier molecular flexibility index (Phi) is 16.8. The van der Waals surface area contributed by atoms with Crippen molar-refractivity contribution in [3.8, 4) is 5.75 Å². The Morgan fingerprint density at radius 1 is 1.03 bits per heavy atom. The SMILES string of the molecule is CC(=O)CC[C@H]1C(=O)N[C@@H](C(C)C)C(=O)NC2(C[C@H]2c2cccc(O)c2)C(=O)N2CCCC(N2)C(=O)O[C@H](/C(C)=C/C=C/C(=O)N2CCOCC2)C/C=C/C=C/[C@H](O)[C@H](C)[C@H]1O. The topological polar surface area (TPSA) is 224 Å². The van der Waals surface area contributed by atoms with Gasteiger partial charge in [0.2, 0.25) is 17.7 Å². The number of morpholine rings is 1. The molecule has 3 fully saturated rings. The molecule has 2 saturated heterocycles. The highest BCUT2D eigenvalue weighted by molar-refractivity contribution is 5.98. The molecule has 3 heterocycles. The number of aliphatic hydroxyl groups excluding tert-OH is 2. The van der Waals surface area contributed by atoms with Crippen LogP contribution in [0.25, 0.3) is 0 Å². The van der Waals surface area contributed by atoms with E-state index in [0.717, 1.165) is 0 Å². The molecule has 62 heavy (non-hydrogen) atoms. The lowest BCUT2D eigenvalue weighted by Crippen LogP contribution is -2.63. The minimum absolute atomic E-state index is 0.0223. The quantitative estimate of drug-likeness (QED) is 0.126. The molecule has 2 unspecified atom stereocenters. The van der Waals surface area contributed by atoms with E-state index in [4.69, 9.17) is 9.47 Å². The lowest BCUT2D eigenvalue weighted by molar-refractivity contribution is -0.156. The molecule has 0 radical (unpaired) electrons. The van der Waals surface area contributed by atoms with E-state index >= 15 is 0 Å². The van der Waals surface area contributed by atoms with E-state index < -0.39 is 83.3 Å². The molecular formula is C46H63N5O11. The van der Waals surface area contributed by atoms with E-state index in [2.05, 4.69) is 16.1 Å². The van der Waals surface area contributed by atoms with Gasteiger partial charge in [0.25, 0.3) is 5.91 Å². The van der Waals surface area contributed by atoms with Crippen molar-refractivity contribution in [1.29, 1.82) is 0 Å². The van der Waals surface area contributed by atoms with Gasteiger partial charge in [-0.1, -0.05) is 69.4 Å². The number of rotatable bonds is 8. The number of hydrogen-bond acceptors (Lipinski definition) is 12. The van der Waals surface area contributed by atoms with E-state index in [0.29, 0.717) is 50.3 Å². The summed E-state index contributed by atoms with van der Waals surface area (Å²) in [6.07, 6.45) is 8.86. The summed E-state index contributed by atoms with van der Waals surface area (Å²) in [4.78, 5) is 83.5. The normalized spacial score (nSPS) is 32.0. The Morgan fingerprint density at radius 2 is 1.77 bits per heavy atom. The van der Waals surface area contributed by atoms with Gasteiger partial charge in [-0.25, -0.2) is 5.43 Å². The number of hydrazine groups is 1. The van der Waals surface area contributed by atoms with Crippen molar-refractivity contribution in [3.63, 3.8) is 0 Å². The zero-order valence-electron chi connectivity index (χ0n) is 36.3. The second-order valence-electron chi connectivity index (χ2n) is 17.2. The Hall–Kier alpha value is -5.16. The molecule has 9 atom stereocenters. The summed E-state index contributed by atoms with van der Waals surface area (Å²) in [7, 11) is 0. The van der Waals surface area contributed by atoms with Crippen LogP contribution in [0.5, 0.6) is 5.75 Å². The van der Waals surface area contributed by atoms with Gasteiger partial charge < -0.3 is 45.1 Å². The van der Waals surface area contributed by atoms with Crippen LogP contribution >= 0.6 is 0 Å². The summed E-state index contributed by atoms with van der Waals surface area (Å²) in [5.41, 5.74) is 2.77. The van der Waals surface area contributed by atoms with Crippen LogP contribution in [-0.4, -0.2) is 129 Å². The van der Waals surface area contributed by atoms with Crippen molar-refractivity contribution in [2.24, 2.45) is 17.8 Å². The number of nitrogens with zero attached hydrogens (tertiary/aromatic N) is 2. The van der Waals surface area contributed by atoms with Gasteiger partial charge in [-0.05, 0) is 68.7 Å². The molecule has 4 aliphatic rings. The van der Waals surface area contributed by atoms with Crippen LogP contribution < -0.4 is 16.1 Å². The van der Waals surface area contributed by atoms with Crippen molar-refractivity contribution in [3.05, 3.63) is 77.9 Å². The summed E-state index contributed by atoms with van der Waals surface area (Å²) >= 11 is 0. The zero-order chi connectivity index (χ0) is 45.1. The van der Waals surface area contributed by atoms with Gasteiger partial charge in [0.1, 0.15) is 35.3 Å². The highest BCUT2D eigenvalue weighted by Gasteiger charge is 2.64. The molecule has 6 N–H and O–H groups in total. The molecule has 1 spiro atoms. The number of benzene rings is 1. The first kappa shape index (κ1) is 47.9. The lowest BCUT2D eigenvalue weighted by atomic mass is 9.84. The van der Waals surface area contributed by atoms with Crippen LogP contribution in [0.4, 0.5) is 0 Å². The highest BCUT2D eigenvalue weighted by Crippen LogP contribution is 2.53. The third-order valence-corrected chi connectivity index (χ3v) is 12.2. The largest absolute Gasteiger partial charge is 0.508 e. The molecule has 1 saturated carbocycles. The Labute approximate surface area is 363 Å². The molecule has 5 rings (SSSR count). The monoisotopic (exact) mass is 861 g/mol. The summed E-state index contributed by atoms with van der Waals surface area (Å²) in [5.74, 6) is -5.97. The molecule has 338 valence electrons. The first-order valence-electron chi connectivity index (χ1n) is 21.6. The second kappa shape index (κ2) is 21.8. The zero-order valence-corrected chi connectivity index (χ0v) is 36.3. The van der Waals surface area contributed by atoms with Crippen molar-refractivity contribution in [2.45, 2.75) is 115 Å². The number of allylic oxidation sites excluding steroid dienone is 4. The first-order chi connectivity index (χ1) is 29.5. The average Bonchev–Trinajstić information content (AvgIpc) is 3.98. The smallest absolute Gasteiger partial charge is 0.325 e. The highest BCUT2D eigenvalue weighted by atomic mass is 16.5. The Morgan fingerprint density at radius 3 is 2.47 bits per heavy atom. The second-order valence-corrected chi connectivity index (χ2v) is 17.2. The molecule has 16 nitrogen and oxygen atoms in total. The van der Waals surface area contributed by atoms with Gasteiger partial charge in [0, 0.05) is 50.4 Å². The Bertz CT molecular complexity index is 1920. The number of cyclic esters (lactones) is 1. The molecule has 0 aromatic heterocycles. The summed E-state index contributed by atoms with van der Waals surface area (Å²) in [6, 6.07) is 4.31. The molecule has 16 heteroatoms. The number of amides is 4. The molecule has 3 aliphatic heterocycles. The van der Waals surface area contributed by atoms with Crippen molar-refractivity contribution < 1.29 is 53.6 Å². The number of phenolic OH excluding ortho intramolecular Hbond substituents is 1. The number of carbonyl (C=O) groups excluding carboxylic acids is 6. The summed E-state index contributed by atoms with van der Waals surface area (Å²) in [6.45, 7) is 10.3. The molecule has 2 bridgehead atoms. The van der Waals surface area contributed by atoms with E-state index in [1.54, 1.807) is 75.1 Å². The molecule has 4 amide bonds. The standard InChI is InChI=1S/C46H63N5O11/c1-28(2)40-43(58)48-46(27-35(46)32-13-10-14-33(53)26-32)45(60)51-21-11-15-36(49-51)44(59)62-38(29(3)12-9-18-39(55)50-22-24-61-25-23-50)17-8-6-7-16-37(54)31(5)41(56)34(42(57)47-40)20-19-30(4)52/h6-10,12-14,16,18,26,28,31,34-38,40-41,49,53-54,56H,11,15,17,19-25,27H2,1-5H3,(H,47,57)(H,48,58)/b8-6+,16-7+,18-9+,29-12+/t31-,34+,35-,36?,37-,38-,40-,41+,46?/m0/s1. The van der Waals surface area contributed by atoms with E-state index in [1.807, 2.05) is 0 Å². The molecule has 1 aromatic rings. The molecule has 1 aromatic carbocycles. The van der Waals surface area contributed by atoms with Gasteiger partial charge >= 0.3 is 5.97 Å². The van der Waals surface area contributed by atoms with E-state index in [-0.39, 0.29) is 49.7 Å². The van der Waals surface area contributed by atoms with E-state index in [1.165, 1.54) is 36.2 Å². The predicted molar refractivity (Wildman–Crippen MR) is 229 cm³/mol. The maximum atomic E-state index is 14.7. The van der Waals surface area contributed by atoms with Crippen LogP contribution in [0, 0.1) is 17.8 Å². The fourth-order valence-corrected chi connectivity index (χ4v) is 8.12. The fourth-order valence-electron chi connectivity index (χ4n) is 8.12. The van der Waals surface area contributed by atoms with Crippen LogP contribution in [0.1, 0.15) is 84.6 Å². The van der Waals surface area contributed by atoms with Gasteiger partial charge in [-0.2, -0.15) is 0 Å². The average molecular weight is 862 g/mol. The molecule has 1 aliphatic carbocycles. The minimum atomic E-state index is -1.52. The van der Waals surface area contributed by atoms with Crippen molar-refractivity contribution in [1.82, 2.24) is 26.0 Å². The minimum Gasteiger partial charge on any atom is -0.508 e. The summed E-state index contributed by atoms with van der Waals surface area (Å²) in [5, 5.41) is 40.1. The fraction of sp³-hybridized carbons (Fsp3) is 0.565. The van der Waals surface area contributed by atoms with Crippen LogP contribution in [0.2, 0.25) is 0 Å². The number of esters is 1. The van der Waals surface area contributed by atoms with Gasteiger partial charge in [-0.15, -0.1) is 0 Å². The van der Waals surface area contributed by atoms with Crippen LogP contribution in [0.3, 0.4) is 0 Å². The number of nitrogens with one attached hydrogen (secondary N) is 3. The number of ketones is 1. The number of carbonyl (C=O) groups is 6. The van der Waals surface area contributed by atoms with Crippen LogP contribution in [-0.2, 0) is 38.2 Å². The van der Waals surface area contributed by atoms with Crippen molar-refractivity contribution >= 4 is 35.4 Å².